The van der Waals surface area contributed by atoms with Gasteiger partial charge < -0.3 is 24.2 Å². The highest BCUT2D eigenvalue weighted by Crippen LogP contribution is 2.27. The minimum Gasteiger partial charge on any atom is -0.480 e. The van der Waals surface area contributed by atoms with Crippen LogP contribution in [0.1, 0.15) is 6.92 Å². The second-order valence-corrected chi connectivity index (χ2v) is 7.61. The van der Waals surface area contributed by atoms with E-state index < -0.39 is 34.0 Å². The Kier molecular flexibility index (Phi) is 6.95. The third-order valence-corrected chi connectivity index (χ3v) is 5.55. The number of carboxylic acids is 1. The minimum absolute atomic E-state index is 0.0424. The van der Waals surface area contributed by atoms with Gasteiger partial charge in [-0.2, -0.15) is 4.72 Å². The molecule has 1 atom stereocenters. The molecule has 0 radical (unpaired) electrons. The minimum atomic E-state index is -4.07. The summed E-state index contributed by atoms with van der Waals surface area (Å²) in [5.74, 6) is -2.87. The number of hydrogen-bond acceptors (Lipinski definition) is 9. The first-order valence-electron chi connectivity index (χ1n) is 8.22. The van der Waals surface area contributed by atoms with Gasteiger partial charge in [-0.1, -0.05) is 0 Å². The summed E-state index contributed by atoms with van der Waals surface area (Å²) in [4.78, 5) is 36.3. The maximum absolute atomic E-state index is 12.3. The van der Waals surface area contributed by atoms with Crippen molar-refractivity contribution in [1.29, 1.82) is 0 Å². The molecule has 2 N–H and O–H groups in total. The maximum Gasteiger partial charge on any atom is 0.355 e. The van der Waals surface area contributed by atoms with E-state index in [2.05, 4.69) is 4.74 Å². The number of hydrogen-bond donors (Lipinski definition) is 2. The predicted octanol–water partition coefficient (Wildman–Crippen LogP) is -0.168. The van der Waals surface area contributed by atoms with Gasteiger partial charge in [0, 0.05) is 5.69 Å². The van der Waals surface area contributed by atoms with Crippen molar-refractivity contribution >= 4 is 33.6 Å². The molecular formula is C17H20N2O9S. The summed E-state index contributed by atoms with van der Waals surface area (Å²) >= 11 is 0. The van der Waals surface area contributed by atoms with Gasteiger partial charge in [0.1, 0.15) is 18.5 Å². The highest BCUT2D eigenvalue weighted by atomic mass is 32.2. The van der Waals surface area contributed by atoms with Crippen LogP contribution in [-0.2, 0) is 38.6 Å². The van der Waals surface area contributed by atoms with E-state index in [0.717, 1.165) is 14.2 Å². The van der Waals surface area contributed by atoms with Gasteiger partial charge in [-0.15, -0.1) is 0 Å². The van der Waals surface area contributed by atoms with E-state index in [1.165, 1.54) is 36.1 Å². The molecule has 2 rings (SSSR count). The number of carboxylic acid groups (broad SMARTS) is 1. The monoisotopic (exact) mass is 428 g/mol. The van der Waals surface area contributed by atoms with Gasteiger partial charge in [0.2, 0.25) is 10.0 Å². The fourth-order valence-corrected chi connectivity index (χ4v) is 3.70. The number of methoxy groups -OCH3 is 2. The number of esters is 2. The molecule has 0 amide bonds. The lowest BCUT2D eigenvalue weighted by atomic mass is 10.1. The third-order valence-electron chi connectivity index (χ3n) is 3.99. The molecular weight excluding hydrogens is 408 g/mol. The summed E-state index contributed by atoms with van der Waals surface area (Å²) in [6.45, 7) is 0.948. The number of rotatable bonds is 7. The number of ether oxygens (including phenoxy) is 3. The van der Waals surface area contributed by atoms with Crippen LogP contribution >= 0.6 is 0 Å². The Morgan fingerprint density at radius 2 is 1.72 bits per heavy atom. The van der Waals surface area contributed by atoms with Crippen molar-refractivity contribution in [3.05, 3.63) is 35.5 Å². The van der Waals surface area contributed by atoms with Gasteiger partial charge in [0.25, 0.3) is 0 Å². The van der Waals surface area contributed by atoms with Crippen LogP contribution in [-0.4, -0.2) is 65.0 Å². The van der Waals surface area contributed by atoms with Crippen LogP contribution in [0.3, 0.4) is 0 Å². The molecule has 12 heteroatoms. The van der Waals surface area contributed by atoms with Gasteiger partial charge in [-0.05, 0) is 31.2 Å². The average Bonchev–Trinajstić information content (AvgIpc) is 2.71. The molecule has 1 heterocycles. The van der Waals surface area contributed by atoms with E-state index >= 15 is 0 Å². The molecule has 29 heavy (non-hydrogen) atoms. The third kappa shape index (κ3) is 4.91. The molecule has 1 aromatic carbocycles. The molecule has 0 spiro atoms. The second kappa shape index (κ2) is 9.03. The molecule has 11 nitrogen and oxygen atoms in total. The molecule has 0 saturated heterocycles. The van der Waals surface area contributed by atoms with Crippen molar-refractivity contribution in [2.24, 2.45) is 0 Å². The summed E-state index contributed by atoms with van der Waals surface area (Å²) in [5.41, 5.74) is 0.217. The quantitative estimate of drug-likeness (QED) is 0.561. The molecule has 1 aromatic rings. The lowest BCUT2D eigenvalue weighted by molar-refractivity contribution is -0.140. The number of nitrogens with zero attached hydrogens (tertiary/aromatic N) is 1. The Balaban J connectivity index is 2.40. The fourth-order valence-electron chi connectivity index (χ4n) is 2.50. The Labute approximate surface area is 166 Å². The highest BCUT2D eigenvalue weighted by Gasteiger charge is 2.32. The lowest BCUT2D eigenvalue weighted by Gasteiger charge is -2.31. The number of aliphatic carboxylic acids is 1. The van der Waals surface area contributed by atoms with E-state index in [-0.39, 0.29) is 29.5 Å². The van der Waals surface area contributed by atoms with Gasteiger partial charge in [-0.25, -0.2) is 18.0 Å². The van der Waals surface area contributed by atoms with Gasteiger partial charge in [-0.3, -0.25) is 4.79 Å². The Hall–Kier alpha value is -2.96. The zero-order valence-electron chi connectivity index (χ0n) is 15.9. The van der Waals surface area contributed by atoms with Crippen LogP contribution < -0.4 is 9.62 Å². The number of carbonyl (C=O) groups is 3. The number of benzene rings is 1. The van der Waals surface area contributed by atoms with Crippen molar-refractivity contribution in [3.63, 3.8) is 0 Å². The molecule has 0 aliphatic carbocycles. The SMILES string of the molecule is COC(=O)C1=C(C(=O)OC)N(c2ccc(S(=O)(=O)NC(C)C(=O)O)cc2)COC1. The normalized spacial score (nSPS) is 15.6. The number of carbonyl (C=O) groups excluding carboxylic acids is 2. The summed E-state index contributed by atoms with van der Waals surface area (Å²) in [5, 5.41) is 8.87. The zero-order valence-corrected chi connectivity index (χ0v) is 16.7. The first kappa shape index (κ1) is 22.3. The van der Waals surface area contributed by atoms with Crippen LogP contribution in [0.15, 0.2) is 40.4 Å². The summed E-state index contributed by atoms with van der Waals surface area (Å²) in [6.07, 6.45) is 0. The standard InChI is InChI=1S/C17H20N2O9S/c1-10(15(20)21)18-29(24,25)12-6-4-11(5-7-12)19-9-28-8-13(16(22)26-2)14(19)17(23)27-3/h4-7,10,18H,8-9H2,1-3H3,(H,20,21). The predicted molar refractivity (Wildman–Crippen MR) is 98.2 cm³/mol. The van der Waals surface area contributed by atoms with Crippen LogP contribution in [0.2, 0.25) is 0 Å². The Morgan fingerprint density at radius 3 is 2.24 bits per heavy atom. The molecule has 158 valence electrons. The van der Waals surface area contributed by atoms with Crippen molar-refractivity contribution in [3.8, 4) is 0 Å². The Morgan fingerprint density at radius 1 is 1.14 bits per heavy atom. The lowest BCUT2D eigenvalue weighted by Crippen LogP contribution is -2.39. The first-order valence-corrected chi connectivity index (χ1v) is 9.71. The van der Waals surface area contributed by atoms with Crippen molar-refractivity contribution in [2.75, 3.05) is 32.5 Å². The smallest absolute Gasteiger partial charge is 0.355 e. The fraction of sp³-hybridized carbons (Fsp3) is 0.353. The molecule has 1 aliphatic heterocycles. The molecule has 0 bridgehead atoms. The maximum atomic E-state index is 12.3. The topological polar surface area (TPSA) is 149 Å². The van der Waals surface area contributed by atoms with Crippen LogP contribution in [0.25, 0.3) is 0 Å². The van der Waals surface area contributed by atoms with E-state index in [1.54, 1.807) is 0 Å². The zero-order chi connectivity index (χ0) is 21.8. The van der Waals surface area contributed by atoms with Crippen LogP contribution in [0.4, 0.5) is 5.69 Å². The summed E-state index contributed by atoms with van der Waals surface area (Å²) < 4.78 is 41.3. The summed E-state index contributed by atoms with van der Waals surface area (Å²) in [7, 11) is -1.76. The van der Waals surface area contributed by atoms with Crippen molar-refractivity contribution in [2.45, 2.75) is 17.9 Å². The number of sulfonamides is 1. The van der Waals surface area contributed by atoms with Gasteiger partial charge >= 0.3 is 17.9 Å². The number of nitrogens with one attached hydrogen (secondary N) is 1. The van der Waals surface area contributed by atoms with E-state index in [9.17, 15) is 22.8 Å². The molecule has 1 aliphatic rings. The van der Waals surface area contributed by atoms with Crippen molar-refractivity contribution < 1.29 is 42.1 Å². The molecule has 0 saturated carbocycles. The molecule has 0 aromatic heterocycles. The van der Waals surface area contributed by atoms with Gasteiger partial charge in [0.15, 0.2) is 0 Å². The Bertz CT molecular complexity index is 938. The molecule has 1 unspecified atom stereocenters. The molecule has 0 fully saturated rings. The second-order valence-electron chi connectivity index (χ2n) is 5.89. The number of anilines is 1. The first-order chi connectivity index (χ1) is 13.6. The van der Waals surface area contributed by atoms with Crippen molar-refractivity contribution in [1.82, 2.24) is 4.72 Å². The van der Waals surface area contributed by atoms with Gasteiger partial charge in [0.05, 0.1) is 31.3 Å². The average molecular weight is 428 g/mol. The highest BCUT2D eigenvalue weighted by molar-refractivity contribution is 7.89. The van der Waals surface area contributed by atoms with Crippen LogP contribution in [0.5, 0.6) is 0 Å². The van der Waals surface area contributed by atoms with E-state index in [0.29, 0.717) is 5.69 Å². The van der Waals surface area contributed by atoms with E-state index in [4.69, 9.17) is 14.6 Å². The largest absolute Gasteiger partial charge is 0.480 e. The summed E-state index contributed by atoms with van der Waals surface area (Å²) in [6, 6.07) is 3.91. The van der Waals surface area contributed by atoms with E-state index in [1.807, 2.05) is 4.72 Å². The van der Waals surface area contributed by atoms with Crippen LogP contribution in [0, 0.1) is 0 Å².